The summed E-state index contributed by atoms with van der Waals surface area (Å²) in [6.45, 7) is 5.74. The Hall–Kier alpha value is -0.594. The van der Waals surface area contributed by atoms with Gasteiger partial charge in [0.15, 0.2) is 5.82 Å². The molecule has 0 atom stereocenters. The zero-order chi connectivity index (χ0) is 14.0. The van der Waals surface area contributed by atoms with Gasteiger partial charge in [0.25, 0.3) is 0 Å². The molecule has 0 aliphatic heterocycles. The molecule has 0 fully saturated rings. The third kappa shape index (κ3) is 3.96. The molecule has 0 amide bonds. The molecule has 0 aliphatic rings. The van der Waals surface area contributed by atoms with E-state index in [1.807, 2.05) is 51.1 Å². The van der Waals surface area contributed by atoms with Crippen LogP contribution in [0.1, 0.15) is 36.8 Å². The molecule has 1 heterocycles. The molecule has 1 aromatic carbocycles. The Bertz CT molecular complexity index is 607. The first-order valence-electron chi connectivity index (χ1n) is 6.04. The average Bonchev–Trinajstić information content (AvgIpc) is 2.38. The number of hydrogen-bond donors (Lipinski definition) is 0. The van der Waals surface area contributed by atoms with Gasteiger partial charge in [0.05, 0.1) is 11.7 Å². The van der Waals surface area contributed by atoms with Crippen LogP contribution in [-0.2, 0) is 5.41 Å². The second-order valence-corrected chi connectivity index (χ2v) is 5.36. The molecule has 2 rings (SSSR count). The van der Waals surface area contributed by atoms with Crippen LogP contribution in [0.4, 0.5) is 0 Å². The van der Waals surface area contributed by atoms with E-state index in [1.54, 1.807) is 0 Å². The van der Waals surface area contributed by atoms with E-state index in [9.17, 15) is 9.90 Å². The van der Waals surface area contributed by atoms with Crippen molar-refractivity contribution in [2.24, 2.45) is 0 Å². The van der Waals surface area contributed by atoms with Crippen molar-refractivity contribution in [3.63, 3.8) is 0 Å². The maximum atomic E-state index is 11.1. The minimum Gasteiger partial charge on any atom is -0.545 e. The molecule has 0 radical (unpaired) electrons. The van der Waals surface area contributed by atoms with Crippen LogP contribution in [0.25, 0.3) is 11.4 Å². The molecule has 0 unspecified atom stereocenters. The molecular weight excluding hydrogens is 279 g/mol. The van der Waals surface area contributed by atoms with Crippen molar-refractivity contribution in [3.8, 4) is 11.4 Å². The minimum atomic E-state index is -1.25. The summed E-state index contributed by atoms with van der Waals surface area (Å²) in [5.74, 6) is -0.722. The number of carbonyl (C=O) groups is 1. The van der Waals surface area contributed by atoms with Gasteiger partial charge in [-0.05, 0) is 0 Å². The number of carbonyl (C=O) groups excluding carboxylic acids is 1. The molecule has 4 nitrogen and oxygen atoms in total. The first-order valence-corrected chi connectivity index (χ1v) is 6.04. The summed E-state index contributed by atoms with van der Waals surface area (Å²) in [6.07, 6.45) is 1.32. The number of rotatable bonds is 2. The van der Waals surface area contributed by atoms with Gasteiger partial charge in [0.1, 0.15) is 0 Å². The second kappa shape index (κ2) is 6.91. The average molecular weight is 294 g/mol. The van der Waals surface area contributed by atoms with Crippen LogP contribution < -0.4 is 56.5 Å². The van der Waals surface area contributed by atoms with Crippen molar-refractivity contribution >= 4 is 5.97 Å². The number of aromatic carboxylic acids is 1. The summed E-state index contributed by atoms with van der Waals surface area (Å²) in [7, 11) is 0. The van der Waals surface area contributed by atoms with Gasteiger partial charge in [-0.1, -0.05) is 51.1 Å². The van der Waals surface area contributed by atoms with Gasteiger partial charge in [-0.3, -0.25) is 0 Å². The zero-order valence-electron chi connectivity index (χ0n) is 12.2. The predicted octanol–water partition coefficient (Wildman–Crippen LogP) is -1.19. The summed E-state index contributed by atoms with van der Waals surface area (Å²) >= 11 is 0. The largest absolute Gasteiger partial charge is 1.00 e. The topological polar surface area (TPSA) is 65.9 Å². The van der Waals surface area contributed by atoms with Crippen LogP contribution in [0, 0.1) is 0 Å². The molecule has 98 valence electrons. The summed E-state index contributed by atoms with van der Waals surface area (Å²) in [4.78, 5) is 19.6. The van der Waals surface area contributed by atoms with E-state index in [2.05, 4.69) is 9.97 Å². The third-order valence-electron chi connectivity index (χ3n) is 2.75. The fourth-order valence-corrected chi connectivity index (χ4v) is 1.83. The first-order chi connectivity index (χ1) is 8.89. The first kappa shape index (κ1) is 17.5. The van der Waals surface area contributed by atoms with E-state index in [4.69, 9.17) is 0 Å². The van der Waals surface area contributed by atoms with Crippen molar-refractivity contribution in [3.05, 3.63) is 47.8 Å². The van der Waals surface area contributed by atoms with Crippen molar-refractivity contribution in [2.75, 3.05) is 0 Å². The monoisotopic (exact) mass is 294 g/mol. The van der Waals surface area contributed by atoms with Gasteiger partial charge in [-0.15, -0.1) is 0 Å². The van der Waals surface area contributed by atoms with Gasteiger partial charge in [0.2, 0.25) is 0 Å². The van der Waals surface area contributed by atoms with Crippen molar-refractivity contribution in [1.29, 1.82) is 0 Å². The molecule has 0 aliphatic carbocycles. The minimum absolute atomic E-state index is 0. The summed E-state index contributed by atoms with van der Waals surface area (Å²) in [5, 5.41) is 11.1. The van der Waals surface area contributed by atoms with Gasteiger partial charge in [-0.25, -0.2) is 9.97 Å². The Labute approximate surface area is 161 Å². The van der Waals surface area contributed by atoms with Gasteiger partial charge in [-0.2, -0.15) is 0 Å². The molecular formula is C15H15KN2O2. The quantitative estimate of drug-likeness (QED) is 0.653. The van der Waals surface area contributed by atoms with Crippen molar-refractivity contribution in [2.45, 2.75) is 26.2 Å². The fraction of sp³-hybridized carbons (Fsp3) is 0.267. The Kier molecular flexibility index (Phi) is 6.03. The van der Waals surface area contributed by atoms with Gasteiger partial charge in [0, 0.05) is 22.7 Å². The maximum absolute atomic E-state index is 11.1. The normalized spacial score (nSPS) is 10.8. The molecule has 1 aromatic heterocycles. The van der Waals surface area contributed by atoms with Crippen LogP contribution in [-0.4, -0.2) is 15.9 Å². The Morgan fingerprint density at radius 3 is 2.25 bits per heavy atom. The van der Waals surface area contributed by atoms with Crippen molar-refractivity contribution < 1.29 is 61.3 Å². The predicted molar refractivity (Wildman–Crippen MR) is 70.5 cm³/mol. The van der Waals surface area contributed by atoms with Crippen molar-refractivity contribution in [1.82, 2.24) is 9.97 Å². The Morgan fingerprint density at radius 1 is 1.15 bits per heavy atom. The van der Waals surface area contributed by atoms with Gasteiger partial charge >= 0.3 is 51.4 Å². The third-order valence-corrected chi connectivity index (χ3v) is 2.75. The van der Waals surface area contributed by atoms with Gasteiger partial charge < -0.3 is 9.90 Å². The van der Waals surface area contributed by atoms with E-state index in [-0.39, 0.29) is 62.4 Å². The summed E-state index contributed by atoms with van der Waals surface area (Å²) in [6, 6.07) is 9.47. The Balaban J connectivity index is 0.00000200. The number of carboxylic acids is 1. The fourth-order valence-electron chi connectivity index (χ4n) is 1.83. The van der Waals surface area contributed by atoms with E-state index < -0.39 is 5.97 Å². The standard InChI is InChI=1S/C15H16N2O2.K/c1-15(2,3)12-11(14(18)19)9-16-13(17-12)10-7-5-4-6-8-10;/h4-9H,1-3H3,(H,18,19);/q;+1/p-1. The van der Waals surface area contributed by atoms with Crippen LogP contribution in [0.3, 0.4) is 0 Å². The number of carboxylic acid groups (broad SMARTS) is 1. The molecule has 0 saturated heterocycles. The maximum Gasteiger partial charge on any atom is 1.00 e. The summed E-state index contributed by atoms with van der Waals surface area (Å²) in [5.41, 5.74) is 1.01. The Morgan fingerprint density at radius 2 is 1.75 bits per heavy atom. The number of hydrogen-bond acceptors (Lipinski definition) is 4. The number of benzene rings is 1. The summed E-state index contributed by atoms with van der Waals surface area (Å²) < 4.78 is 0. The van der Waals surface area contributed by atoms with E-state index in [0.29, 0.717) is 11.5 Å². The number of nitrogens with zero attached hydrogens (tertiary/aromatic N) is 2. The molecule has 2 aromatic rings. The molecule has 0 N–H and O–H groups in total. The van der Waals surface area contributed by atoms with Crippen LogP contribution in [0.15, 0.2) is 36.5 Å². The molecule has 0 spiro atoms. The molecule has 0 saturated carbocycles. The van der Waals surface area contributed by atoms with E-state index >= 15 is 0 Å². The molecule has 20 heavy (non-hydrogen) atoms. The second-order valence-electron chi connectivity index (χ2n) is 5.36. The molecule has 0 bridgehead atoms. The van der Waals surface area contributed by atoms with E-state index in [1.165, 1.54) is 6.20 Å². The van der Waals surface area contributed by atoms with E-state index in [0.717, 1.165) is 5.56 Å². The SMILES string of the molecule is CC(C)(C)c1nc(-c2ccccc2)ncc1C(=O)[O-].[K+]. The smallest absolute Gasteiger partial charge is 0.545 e. The molecule has 5 heteroatoms. The van der Waals surface area contributed by atoms with Crippen LogP contribution in [0.2, 0.25) is 0 Å². The van der Waals surface area contributed by atoms with Crippen LogP contribution >= 0.6 is 0 Å². The number of aromatic nitrogens is 2. The van der Waals surface area contributed by atoms with Crippen LogP contribution in [0.5, 0.6) is 0 Å². The zero-order valence-corrected chi connectivity index (χ0v) is 15.3.